The van der Waals surface area contributed by atoms with Crippen LogP contribution < -0.4 is 5.43 Å². The number of rotatable bonds is 3. The van der Waals surface area contributed by atoms with Crippen molar-refractivity contribution < 1.29 is 13.9 Å². The van der Waals surface area contributed by atoms with Crippen molar-refractivity contribution in [1.29, 1.82) is 0 Å². The summed E-state index contributed by atoms with van der Waals surface area (Å²) in [6.07, 6.45) is 4.20. The molecule has 4 nitrogen and oxygen atoms in total. The maximum Gasteiger partial charge on any atom is 0.330 e. The second-order valence-electron chi connectivity index (χ2n) is 3.59. The van der Waals surface area contributed by atoms with Crippen molar-refractivity contribution in [1.82, 2.24) is 0 Å². The van der Waals surface area contributed by atoms with Gasteiger partial charge in [0.2, 0.25) is 0 Å². The van der Waals surface area contributed by atoms with Gasteiger partial charge < -0.3 is 9.15 Å². The SMILES string of the molecule is CCOC(=O)/C=C/c1cccc2occc(=O)c12. The first-order chi connectivity index (χ1) is 8.72. The topological polar surface area (TPSA) is 56.5 Å². The summed E-state index contributed by atoms with van der Waals surface area (Å²) in [7, 11) is 0. The zero-order valence-electron chi connectivity index (χ0n) is 9.88. The Morgan fingerprint density at radius 3 is 3.00 bits per heavy atom. The highest BCUT2D eigenvalue weighted by Crippen LogP contribution is 2.16. The molecule has 1 heterocycles. The second kappa shape index (κ2) is 5.31. The van der Waals surface area contributed by atoms with Gasteiger partial charge in [-0.25, -0.2) is 4.79 Å². The predicted molar refractivity (Wildman–Crippen MR) is 68.2 cm³/mol. The van der Waals surface area contributed by atoms with Crippen LogP contribution in [0.5, 0.6) is 0 Å². The Morgan fingerprint density at radius 1 is 1.39 bits per heavy atom. The minimum absolute atomic E-state index is 0.139. The van der Waals surface area contributed by atoms with Crippen LogP contribution in [-0.2, 0) is 9.53 Å². The monoisotopic (exact) mass is 244 g/mol. The molecular formula is C14H12O4. The Hall–Kier alpha value is -2.36. The Bertz CT molecular complexity index is 647. The quantitative estimate of drug-likeness (QED) is 0.614. The molecule has 0 amide bonds. The summed E-state index contributed by atoms with van der Waals surface area (Å²) in [6.45, 7) is 2.05. The average Bonchev–Trinajstić information content (AvgIpc) is 2.37. The third-order valence-electron chi connectivity index (χ3n) is 2.40. The normalized spacial score (nSPS) is 10.9. The van der Waals surface area contributed by atoms with E-state index in [1.54, 1.807) is 31.2 Å². The van der Waals surface area contributed by atoms with Gasteiger partial charge in [-0.3, -0.25) is 4.79 Å². The van der Waals surface area contributed by atoms with Gasteiger partial charge >= 0.3 is 5.97 Å². The van der Waals surface area contributed by atoms with Crippen LogP contribution in [0.1, 0.15) is 12.5 Å². The van der Waals surface area contributed by atoms with Gasteiger partial charge in [-0.15, -0.1) is 0 Å². The van der Waals surface area contributed by atoms with Crippen LogP contribution in [0.2, 0.25) is 0 Å². The average molecular weight is 244 g/mol. The van der Waals surface area contributed by atoms with Crippen molar-refractivity contribution in [2.45, 2.75) is 6.92 Å². The fourth-order valence-electron chi connectivity index (χ4n) is 1.65. The van der Waals surface area contributed by atoms with Crippen molar-refractivity contribution in [3.8, 4) is 0 Å². The van der Waals surface area contributed by atoms with Gasteiger partial charge in [0.1, 0.15) is 5.58 Å². The molecule has 0 bridgehead atoms. The molecule has 92 valence electrons. The van der Waals surface area contributed by atoms with Crippen LogP contribution in [-0.4, -0.2) is 12.6 Å². The van der Waals surface area contributed by atoms with E-state index in [2.05, 4.69) is 0 Å². The lowest BCUT2D eigenvalue weighted by atomic mass is 10.1. The van der Waals surface area contributed by atoms with Gasteiger partial charge in [-0.1, -0.05) is 12.1 Å². The van der Waals surface area contributed by atoms with Crippen LogP contribution in [0.3, 0.4) is 0 Å². The lowest BCUT2D eigenvalue weighted by Crippen LogP contribution is -2.01. The van der Waals surface area contributed by atoms with Gasteiger partial charge in [0.05, 0.1) is 18.3 Å². The Kier molecular flexibility index (Phi) is 3.57. The van der Waals surface area contributed by atoms with Crippen molar-refractivity contribution in [2.75, 3.05) is 6.61 Å². The van der Waals surface area contributed by atoms with Gasteiger partial charge in [-0.2, -0.15) is 0 Å². The molecule has 0 aliphatic carbocycles. The maximum absolute atomic E-state index is 11.8. The summed E-state index contributed by atoms with van der Waals surface area (Å²) in [6, 6.07) is 6.56. The summed E-state index contributed by atoms with van der Waals surface area (Å²) in [4.78, 5) is 23.0. The molecule has 0 saturated carbocycles. The summed E-state index contributed by atoms with van der Waals surface area (Å²) >= 11 is 0. The number of esters is 1. The molecule has 0 spiro atoms. The Balaban J connectivity index is 2.46. The molecule has 1 aromatic heterocycles. The number of ether oxygens (including phenoxy) is 1. The molecule has 0 saturated heterocycles. The number of carbonyl (C=O) groups excluding carboxylic acids is 1. The van der Waals surface area contributed by atoms with E-state index >= 15 is 0 Å². The summed E-state index contributed by atoms with van der Waals surface area (Å²) in [5, 5.41) is 0.459. The molecule has 2 rings (SSSR count). The summed E-state index contributed by atoms with van der Waals surface area (Å²) < 4.78 is 10.0. The fourth-order valence-corrected chi connectivity index (χ4v) is 1.65. The standard InChI is InChI=1S/C14H12O4/c1-2-17-13(16)7-6-10-4-3-5-12-14(10)11(15)8-9-18-12/h3-9H,2H2,1H3/b7-6+. The highest BCUT2D eigenvalue weighted by atomic mass is 16.5. The van der Waals surface area contributed by atoms with Crippen molar-refractivity contribution in [3.05, 3.63) is 52.4 Å². The molecular weight excluding hydrogens is 232 g/mol. The number of benzene rings is 1. The molecule has 0 atom stereocenters. The van der Waals surface area contributed by atoms with Gasteiger partial charge in [0.15, 0.2) is 5.43 Å². The van der Waals surface area contributed by atoms with Crippen molar-refractivity contribution in [3.63, 3.8) is 0 Å². The number of hydrogen-bond donors (Lipinski definition) is 0. The second-order valence-corrected chi connectivity index (χ2v) is 3.59. The minimum Gasteiger partial charge on any atom is -0.464 e. The van der Waals surface area contributed by atoms with Crippen molar-refractivity contribution >= 4 is 23.0 Å². The first kappa shape index (κ1) is 12.1. The van der Waals surface area contributed by atoms with E-state index in [4.69, 9.17) is 9.15 Å². The van der Waals surface area contributed by atoms with E-state index < -0.39 is 5.97 Å². The van der Waals surface area contributed by atoms with E-state index in [1.807, 2.05) is 0 Å². The largest absolute Gasteiger partial charge is 0.464 e. The molecule has 2 aromatic rings. The lowest BCUT2D eigenvalue weighted by Gasteiger charge is -2.00. The molecule has 4 heteroatoms. The van der Waals surface area contributed by atoms with E-state index in [1.165, 1.54) is 18.4 Å². The highest BCUT2D eigenvalue weighted by Gasteiger charge is 2.04. The summed E-state index contributed by atoms with van der Waals surface area (Å²) in [5.41, 5.74) is 0.990. The predicted octanol–water partition coefficient (Wildman–Crippen LogP) is 2.37. The van der Waals surface area contributed by atoms with Crippen LogP contribution >= 0.6 is 0 Å². The van der Waals surface area contributed by atoms with E-state index in [-0.39, 0.29) is 5.43 Å². The zero-order chi connectivity index (χ0) is 13.0. The lowest BCUT2D eigenvalue weighted by molar-refractivity contribution is -0.137. The number of carbonyl (C=O) groups is 1. The van der Waals surface area contributed by atoms with E-state index in [9.17, 15) is 9.59 Å². The molecule has 0 aliphatic rings. The third-order valence-corrected chi connectivity index (χ3v) is 2.40. The van der Waals surface area contributed by atoms with Gasteiger partial charge in [0.25, 0.3) is 0 Å². The van der Waals surface area contributed by atoms with E-state index in [0.717, 1.165) is 0 Å². The fraction of sp³-hybridized carbons (Fsp3) is 0.143. The Morgan fingerprint density at radius 2 is 2.22 bits per heavy atom. The zero-order valence-corrected chi connectivity index (χ0v) is 9.88. The minimum atomic E-state index is -0.435. The first-order valence-electron chi connectivity index (χ1n) is 5.57. The molecule has 1 aromatic carbocycles. The smallest absolute Gasteiger partial charge is 0.330 e. The van der Waals surface area contributed by atoms with Crippen LogP contribution in [0.15, 0.2) is 45.8 Å². The van der Waals surface area contributed by atoms with Crippen LogP contribution in [0.25, 0.3) is 17.0 Å². The highest BCUT2D eigenvalue weighted by molar-refractivity contribution is 5.92. The molecule has 18 heavy (non-hydrogen) atoms. The van der Waals surface area contributed by atoms with Crippen LogP contribution in [0.4, 0.5) is 0 Å². The summed E-state index contributed by atoms with van der Waals surface area (Å²) in [5.74, 6) is -0.435. The molecule has 0 N–H and O–H groups in total. The van der Waals surface area contributed by atoms with Gasteiger partial charge in [-0.05, 0) is 24.6 Å². The molecule has 0 unspecified atom stereocenters. The molecule has 0 aliphatic heterocycles. The first-order valence-corrected chi connectivity index (χ1v) is 5.57. The van der Waals surface area contributed by atoms with Gasteiger partial charge in [0, 0.05) is 12.1 Å². The Labute approximate surface area is 103 Å². The van der Waals surface area contributed by atoms with Crippen molar-refractivity contribution in [2.24, 2.45) is 0 Å². The molecule has 0 radical (unpaired) electrons. The number of fused-ring (bicyclic) bond motifs is 1. The maximum atomic E-state index is 11.8. The number of hydrogen-bond acceptors (Lipinski definition) is 4. The third kappa shape index (κ3) is 2.48. The van der Waals surface area contributed by atoms with E-state index in [0.29, 0.717) is 23.1 Å². The molecule has 0 fully saturated rings. The van der Waals surface area contributed by atoms with Crippen LogP contribution in [0, 0.1) is 0 Å².